The van der Waals surface area contributed by atoms with E-state index in [4.69, 9.17) is 5.73 Å². The molecular formula is C25H23FN5O3S-. The molecule has 3 N–H and O–H groups in total. The van der Waals surface area contributed by atoms with Crippen molar-refractivity contribution in [3.8, 4) is 22.3 Å². The number of nitrogens with one attached hydrogen (secondary N) is 1. The van der Waals surface area contributed by atoms with Crippen molar-refractivity contribution in [3.05, 3.63) is 84.1 Å². The molecule has 0 bridgehead atoms. The summed E-state index contributed by atoms with van der Waals surface area (Å²) in [6, 6.07) is 11.7. The molecule has 8 nitrogen and oxygen atoms in total. The zero-order chi connectivity index (χ0) is 25.1. The van der Waals surface area contributed by atoms with Gasteiger partial charge in [-0.3, -0.25) is 13.7 Å². The number of carbonyl (C=O) groups excluding carboxylic acids is 1. The SMILES string of the molecule is CCn1cc(-c2cnc(N)c(-c3ccc(C(=O)N[C@H](C)c4cccc(S(=O)[O-])c4)c(F)c3)c2)cn1. The van der Waals surface area contributed by atoms with E-state index in [2.05, 4.69) is 15.4 Å². The van der Waals surface area contributed by atoms with Crippen LogP contribution < -0.4 is 11.1 Å². The zero-order valence-corrected chi connectivity index (χ0v) is 19.9. The molecule has 4 rings (SSSR count). The van der Waals surface area contributed by atoms with Crippen LogP contribution in [0.5, 0.6) is 0 Å². The van der Waals surface area contributed by atoms with E-state index in [0.717, 1.165) is 17.7 Å². The summed E-state index contributed by atoms with van der Waals surface area (Å²) in [5.74, 6) is -1.11. The van der Waals surface area contributed by atoms with Crippen LogP contribution in [0.2, 0.25) is 0 Å². The number of nitrogens with two attached hydrogens (primary N) is 1. The number of nitrogens with zero attached hydrogens (tertiary/aromatic N) is 3. The highest BCUT2D eigenvalue weighted by Crippen LogP contribution is 2.30. The Morgan fingerprint density at radius 1 is 1.17 bits per heavy atom. The first kappa shape index (κ1) is 24.2. The lowest BCUT2D eigenvalue weighted by molar-refractivity contribution is 0.0936. The molecule has 0 aliphatic carbocycles. The Morgan fingerprint density at radius 2 is 1.97 bits per heavy atom. The van der Waals surface area contributed by atoms with Crippen molar-refractivity contribution < 1.29 is 17.9 Å². The number of anilines is 1. The highest BCUT2D eigenvalue weighted by Gasteiger charge is 2.17. The largest absolute Gasteiger partial charge is 0.768 e. The topological polar surface area (TPSA) is 126 Å². The Balaban J connectivity index is 1.57. The molecule has 2 aromatic heterocycles. The maximum Gasteiger partial charge on any atom is 0.254 e. The van der Waals surface area contributed by atoms with Gasteiger partial charge in [-0.25, -0.2) is 9.37 Å². The van der Waals surface area contributed by atoms with E-state index in [0.29, 0.717) is 16.7 Å². The van der Waals surface area contributed by atoms with Gasteiger partial charge in [0.15, 0.2) is 0 Å². The van der Waals surface area contributed by atoms with Crippen molar-refractivity contribution in [1.82, 2.24) is 20.1 Å². The predicted octanol–water partition coefficient (Wildman–Crippen LogP) is 4.08. The lowest BCUT2D eigenvalue weighted by atomic mass is 10.0. The molecule has 0 fully saturated rings. The van der Waals surface area contributed by atoms with E-state index in [9.17, 15) is 17.9 Å². The molecule has 0 saturated carbocycles. The van der Waals surface area contributed by atoms with Crippen LogP contribution in [0.15, 0.2) is 72.0 Å². The fourth-order valence-electron chi connectivity index (χ4n) is 3.66. The predicted molar refractivity (Wildman–Crippen MR) is 130 cm³/mol. The van der Waals surface area contributed by atoms with E-state index < -0.39 is 28.8 Å². The van der Waals surface area contributed by atoms with E-state index in [1.54, 1.807) is 42.2 Å². The maximum absolute atomic E-state index is 15.0. The van der Waals surface area contributed by atoms with Crippen molar-refractivity contribution in [3.63, 3.8) is 0 Å². The number of benzene rings is 2. The Labute approximate surface area is 204 Å². The molecule has 0 saturated heterocycles. The minimum Gasteiger partial charge on any atom is -0.768 e. The Hall–Kier alpha value is -3.89. The first-order chi connectivity index (χ1) is 16.8. The number of hydrogen-bond donors (Lipinski definition) is 2. The fraction of sp³-hybridized carbons (Fsp3) is 0.160. The molecule has 4 aromatic rings. The molecule has 0 spiro atoms. The average Bonchev–Trinajstić information content (AvgIpc) is 3.33. The number of hydrogen-bond acceptors (Lipinski definition) is 6. The van der Waals surface area contributed by atoms with E-state index in [-0.39, 0.29) is 16.3 Å². The summed E-state index contributed by atoms with van der Waals surface area (Å²) in [6.07, 6.45) is 5.24. The van der Waals surface area contributed by atoms with Gasteiger partial charge in [0.25, 0.3) is 5.91 Å². The number of rotatable bonds is 7. The van der Waals surface area contributed by atoms with Crippen molar-refractivity contribution in [2.45, 2.75) is 31.3 Å². The summed E-state index contributed by atoms with van der Waals surface area (Å²) in [7, 11) is 0. The lowest BCUT2D eigenvalue weighted by Crippen LogP contribution is -2.27. The first-order valence-corrected chi connectivity index (χ1v) is 11.9. The molecule has 0 aliphatic heterocycles. The van der Waals surface area contributed by atoms with Gasteiger partial charge >= 0.3 is 0 Å². The number of carbonyl (C=O) groups is 1. The van der Waals surface area contributed by atoms with Gasteiger partial charge in [-0.1, -0.05) is 18.2 Å². The molecule has 10 heteroatoms. The van der Waals surface area contributed by atoms with Gasteiger partial charge in [-0.15, -0.1) is 0 Å². The first-order valence-electron chi connectivity index (χ1n) is 10.8. The van der Waals surface area contributed by atoms with E-state index in [1.807, 2.05) is 19.2 Å². The summed E-state index contributed by atoms with van der Waals surface area (Å²) in [4.78, 5) is 17.1. The second-order valence-electron chi connectivity index (χ2n) is 7.94. The summed E-state index contributed by atoms with van der Waals surface area (Å²) in [5.41, 5.74) is 9.16. The smallest absolute Gasteiger partial charge is 0.254 e. The van der Waals surface area contributed by atoms with Crippen LogP contribution in [0.1, 0.15) is 35.8 Å². The second-order valence-corrected chi connectivity index (χ2v) is 8.88. The summed E-state index contributed by atoms with van der Waals surface area (Å²) in [5, 5.41) is 6.96. The minimum absolute atomic E-state index is 0.106. The molecular weight excluding hydrogens is 469 g/mol. The molecule has 2 atom stereocenters. The van der Waals surface area contributed by atoms with Gasteiger partial charge in [-0.05, 0) is 66.4 Å². The van der Waals surface area contributed by atoms with Gasteiger partial charge in [0.05, 0.1) is 17.8 Å². The number of amides is 1. The third-order valence-electron chi connectivity index (χ3n) is 5.63. The van der Waals surface area contributed by atoms with Crippen molar-refractivity contribution in [1.29, 1.82) is 0 Å². The van der Waals surface area contributed by atoms with Crippen molar-refractivity contribution in [2.24, 2.45) is 0 Å². The monoisotopic (exact) mass is 492 g/mol. The van der Waals surface area contributed by atoms with Crippen LogP contribution >= 0.6 is 0 Å². The molecule has 1 unspecified atom stereocenters. The number of nitrogen functional groups attached to an aromatic ring is 1. The summed E-state index contributed by atoms with van der Waals surface area (Å²) in [6.45, 7) is 4.40. The Bertz CT molecular complexity index is 1420. The molecule has 0 aliphatic rings. The summed E-state index contributed by atoms with van der Waals surface area (Å²) < 4.78 is 39.2. The third-order valence-corrected chi connectivity index (χ3v) is 6.27. The molecule has 35 heavy (non-hydrogen) atoms. The van der Waals surface area contributed by atoms with Crippen LogP contribution in [0.4, 0.5) is 10.2 Å². The van der Waals surface area contributed by atoms with Crippen LogP contribution in [-0.4, -0.2) is 29.4 Å². The van der Waals surface area contributed by atoms with Gasteiger partial charge in [0, 0.05) is 40.5 Å². The maximum atomic E-state index is 15.0. The van der Waals surface area contributed by atoms with Crippen LogP contribution in [0, 0.1) is 5.82 Å². The van der Waals surface area contributed by atoms with Crippen LogP contribution in [0.25, 0.3) is 22.3 Å². The normalized spacial score (nSPS) is 12.8. The number of halogens is 1. The van der Waals surface area contributed by atoms with E-state index >= 15 is 0 Å². The molecule has 2 heterocycles. The lowest BCUT2D eigenvalue weighted by Gasteiger charge is -2.16. The minimum atomic E-state index is -2.39. The van der Waals surface area contributed by atoms with Gasteiger partial charge in [0.2, 0.25) is 0 Å². The fourth-order valence-corrected chi connectivity index (χ4v) is 4.08. The molecule has 1 amide bonds. The van der Waals surface area contributed by atoms with Crippen LogP contribution in [-0.2, 0) is 17.6 Å². The number of aromatic nitrogens is 3. The average molecular weight is 493 g/mol. The highest BCUT2D eigenvalue weighted by atomic mass is 32.2. The van der Waals surface area contributed by atoms with Gasteiger partial charge < -0.3 is 15.6 Å². The van der Waals surface area contributed by atoms with Gasteiger partial charge in [0.1, 0.15) is 11.6 Å². The molecule has 180 valence electrons. The second kappa shape index (κ2) is 10.2. The third kappa shape index (κ3) is 5.28. The number of pyridine rings is 1. The Morgan fingerprint density at radius 3 is 2.66 bits per heavy atom. The zero-order valence-electron chi connectivity index (χ0n) is 19.1. The summed E-state index contributed by atoms with van der Waals surface area (Å²) >= 11 is -2.39. The number of aryl methyl sites for hydroxylation is 1. The standard InChI is InChI=1S/C25H24FN5O3S/c1-3-31-14-19(13-29-31)18-10-22(24(27)28-12-18)17-7-8-21(23(26)11-17)25(32)30-15(2)16-5-4-6-20(9-16)35(33)34/h4-15H,3H2,1-2H3,(H2,27,28)(H,30,32)(H,33,34)/p-1/t15-/m1/s1. The van der Waals surface area contributed by atoms with Gasteiger partial charge in [-0.2, -0.15) is 5.10 Å². The quantitative estimate of drug-likeness (QED) is 0.374. The highest BCUT2D eigenvalue weighted by molar-refractivity contribution is 7.79. The van der Waals surface area contributed by atoms with Crippen LogP contribution in [0.3, 0.4) is 0 Å². The van der Waals surface area contributed by atoms with E-state index in [1.165, 1.54) is 24.3 Å². The van der Waals surface area contributed by atoms with Crippen molar-refractivity contribution >= 4 is 22.8 Å². The molecule has 2 aromatic carbocycles. The Kier molecular flexibility index (Phi) is 7.04. The van der Waals surface area contributed by atoms with Crippen molar-refractivity contribution in [2.75, 3.05) is 5.73 Å². The molecule has 0 radical (unpaired) electrons.